The summed E-state index contributed by atoms with van der Waals surface area (Å²) in [6.07, 6.45) is 0. The first-order chi connectivity index (χ1) is 8.58. The number of rotatable bonds is 4. The monoisotopic (exact) mass is 304 g/mol. The van der Waals surface area contributed by atoms with E-state index in [9.17, 15) is 9.59 Å². The zero-order valence-electron chi connectivity index (χ0n) is 9.81. The summed E-state index contributed by atoms with van der Waals surface area (Å²) in [6.45, 7) is 2.49. The molecule has 0 bridgehead atoms. The van der Waals surface area contributed by atoms with Gasteiger partial charge < -0.3 is 10.2 Å². The Morgan fingerprint density at radius 3 is 3.00 bits per heavy atom. The Morgan fingerprint density at radius 1 is 1.61 bits per heavy atom. The second-order valence-electron chi connectivity index (χ2n) is 3.88. The van der Waals surface area contributed by atoms with Crippen molar-refractivity contribution < 1.29 is 9.59 Å². The Labute approximate surface area is 119 Å². The molecule has 0 aliphatic carbocycles. The molecule has 7 heteroatoms. The fourth-order valence-electron chi connectivity index (χ4n) is 1.74. The quantitative estimate of drug-likeness (QED) is 0.927. The van der Waals surface area contributed by atoms with E-state index in [4.69, 9.17) is 11.6 Å². The second kappa shape index (κ2) is 5.95. The zero-order valence-corrected chi connectivity index (χ0v) is 12.2. The van der Waals surface area contributed by atoms with E-state index < -0.39 is 0 Å². The molecule has 0 spiro atoms. The Balaban J connectivity index is 2.01. The number of hydrogen-bond acceptors (Lipinski definition) is 4. The molecule has 0 aromatic carbocycles. The minimum absolute atomic E-state index is 0.0313. The molecule has 2 heterocycles. The molecule has 2 rings (SSSR count). The van der Waals surface area contributed by atoms with Gasteiger partial charge in [0.1, 0.15) is 5.37 Å². The molecule has 1 aliphatic heterocycles. The Kier molecular flexibility index (Phi) is 4.53. The predicted octanol–water partition coefficient (Wildman–Crippen LogP) is 2.11. The van der Waals surface area contributed by atoms with Gasteiger partial charge in [0.05, 0.1) is 10.1 Å². The van der Waals surface area contributed by atoms with Gasteiger partial charge in [-0.25, -0.2) is 0 Å². The van der Waals surface area contributed by atoms with Crippen LogP contribution in [0.3, 0.4) is 0 Å². The largest absolute Gasteiger partial charge is 0.355 e. The number of carbonyl (C=O) groups is 2. The van der Waals surface area contributed by atoms with E-state index in [2.05, 4.69) is 5.32 Å². The third kappa shape index (κ3) is 3.18. The van der Waals surface area contributed by atoms with E-state index in [0.29, 0.717) is 18.8 Å². The van der Waals surface area contributed by atoms with E-state index in [1.54, 1.807) is 16.7 Å². The van der Waals surface area contributed by atoms with Crippen molar-refractivity contribution >= 4 is 46.5 Å². The van der Waals surface area contributed by atoms with Crippen LogP contribution in [0.25, 0.3) is 0 Å². The lowest BCUT2D eigenvalue weighted by Gasteiger charge is -2.22. The van der Waals surface area contributed by atoms with Crippen molar-refractivity contribution in [2.24, 2.45) is 0 Å². The Morgan fingerprint density at radius 2 is 2.39 bits per heavy atom. The molecule has 1 fully saturated rings. The van der Waals surface area contributed by atoms with Gasteiger partial charge in [-0.3, -0.25) is 9.59 Å². The van der Waals surface area contributed by atoms with Gasteiger partial charge in [-0.15, -0.1) is 23.1 Å². The highest BCUT2D eigenvalue weighted by Gasteiger charge is 2.33. The van der Waals surface area contributed by atoms with Crippen LogP contribution in [0.15, 0.2) is 12.1 Å². The van der Waals surface area contributed by atoms with E-state index >= 15 is 0 Å². The fraction of sp³-hybridized carbons (Fsp3) is 0.455. The van der Waals surface area contributed by atoms with Crippen molar-refractivity contribution in [3.05, 3.63) is 21.3 Å². The summed E-state index contributed by atoms with van der Waals surface area (Å²) in [5.74, 6) is 0.519. The molecule has 1 saturated heterocycles. The highest BCUT2D eigenvalue weighted by atomic mass is 35.5. The number of thiophene rings is 1. The maximum atomic E-state index is 11.8. The van der Waals surface area contributed by atoms with E-state index in [-0.39, 0.29) is 17.2 Å². The first-order valence-electron chi connectivity index (χ1n) is 5.48. The van der Waals surface area contributed by atoms with Crippen LogP contribution < -0.4 is 5.32 Å². The maximum absolute atomic E-state index is 11.8. The Bertz CT molecular complexity index is 464. The van der Waals surface area contributed by atoms with Crippen LogP contribution in [0.1, 0.15) is 17.2 Å². The van der Waals surface area contributed by atoms with Gasteiger partial charge in [-0.1, -0.05) is 11.6 Å². The molecular formula is C11H13ClN2O2S2. The van der Waals surface area contributed by atoms with Gasteiger partial charge in [0.25, 0.3) is 0 Å². The molecule has 1 aromatic rings. The molecule has 0 radical (unpaired) electrons. The van der Waals surface area contributed by atoms with Gasteiger partial charge in [0.2, 0.25) is 11.8 Å². The van der Waals surface area contributed by atoms with Crippen molar-refractivity contribution in [1.82, 2.24) is 10.2 Å². The fourth-order valence-corrected chi connectivity index (χ4v) is 4.26. The van der Waals surface area contributed by atoms with E-state index in [0.717, 1.165) is 9.21 Å². The lowest BCUT2D eigenvalue weighted by molar-refractivity contribution is -0.128. The number of amides is 2. The summed E-state index contributed by atoms with van der Waals surface area (Å²) in [7, 11) is 0. The van der Waals surface area contributed by atoms with Crippen LogP contribution in [0, 0.1) is 0 Å². The second-order valence-corrected chi connectivity index (χ2v) is 6.69. The van der Waals surface area contributed by atoms with Crippen molar-refractivity contribution in [3.8, 4) is 0 Å². The maximum Gasteiger partial charge on any atom is 0.233 e. The first-order valence-corrected chi connectivity index (χ1v) is 7.73. The topological polar surface area (TPSA) is 49.4 Å². The minimum Gasteiger partial charge on any atom is -0.355 e. The van der Waals surface area contributed by atoms with E-state index in [1.807, 2.05) is 12.1 Å². The number of carbonyl (C=O) groups excluding carboxylic acids is 2. The molecule has 98 valence electrons. The first kappa shape index (κ1) is 13.7. The molecule has 1 unspecified atom stereocenters. The average Bonchev–Trinajstić information content (AvgIpc) is 2.86. The van der Waals surface area contributed by atoms with Crippen molar-refractivity contribution in [2.75, 3.05) is 18.8 Å². The molecule has 1 atom stereocenters. The molecule has 1 N–H and O–H groups in total. The van der Waals surface area contributed by atoms with Crippen molar-refractivity contribution in [1.29, 1.82) is 0 Å². The molecular weight excluding hydrogens is 292 g/mol. The van der Waals surface area contributed by atoms with Crippen LogP contribution in [0.4, 0.5) is 0 Å². The molecule has 0 saturated carbocycles. The van der Waals surface area contributed by atoms with Crippen LogP contribution in [0.2, 0.25) is 4.34 Å². The van der Waals surface area contributed by atoms with Crippen LogP contribution in [-0.4, -0.2) is 35.6 Å². The zero-order chi connectivity index (χ0) is 13.1. The summed E-state index contributed by atoms with van der Waals surface area (Å²) >= 11 is 9.01. The van der Waals surface area contributed by atoms with Crippen LogP contribution in [-0.2, 0) is 9.59 Å². The van der Waals surface area contributed by atoms with Gasteiger partial charge in [0, 0.05) is 24.9 Å². The van der Waals surface area contributed by atoms with Crippen molar-refractivity contribution in [3.63, 3.8) is 0 Å². The standard InChI is InChI=1S/C11H13ClN2O2S2/c1-7(15)13-4-5-14-10(16)6-17-11(14)8-2-3-9(12)18-8/h2-3,11H,4-6H2,1H3,(H,13,15). The number of nitrogens with one attached hydrogen (secondary N) is 1. The molecule has 1 aliphatic rings. The number of thioether (sulfide) groups is 1. The highest BCUT2D eigenvalue weighted by molar-refractivity contribution is 8.00. The summed E-state index contributed by atoms with van der Waals surface area (Å²) in [5, 5.41) is 2.74. The summed E-state index contributed by atoms with van der Waals surface area (Å²) in [4.78, 5) is 25.5. The van der Waals surface area contributed by atoms with Crippen LogP contribution >= 0.6 is 34.7 Å². The minimum atomic E-state index is -0.0787. The highest BCUT2D eigenvalue weighted by Crippen LogP contribution is 2.42. The Hall–Kier alpha value is -0.720. The van der Waals surface area contributed by atoms with Crippen molar-refractivity contribution in [2.45, 2.75) is 12.3 Å². The average molecular weight is 305 g/mol. The SMILES string of the molecule is CC(=O)NCCN1C(=O)CSC1c1ccc(Cl)s1. The number of hydrogen-bond donors (Lipinski definition) is 1. The van der Waals surface area contributed by atoms with E-state index in [1.165, 1.54) is 18.3 Å². The molecule has 1 aromatic heterocycles. The third-order valence-corrected chi connectivity index (χ3v) is 5.20. The third-order valence-electron chi connectivity index (χ3n) is 2.53. The van der Waals surface area contributed by atoms with Gasteiger partial charge in [0.15, 0.2) is 0 Å². The lowest BCUT2D eigenvalue weighted by Crippen LogP contribution is -2.36. The molecule has 18 heavy (non-hydrogen) atoms. The van der Waals surface area contributed by atoms with Crippen LogP contribution in [0.5, 0.6) is 0 Å². The summed E-state index contributed by atoms with van der Waals surface area (Å²) < 4.78 is 0.728. The molecule has 4 nitrogen and oxygen atoms in total. The van der Waals surface area contributed by atoms with Gasteiger partial charge >= 0.3 is 0 Å². The number of halogens is 1. The van der Waals surface area contributed by atoms with Gasteiger partial charge in [-0.2, -0.15) is 0 Å². The smallest absolute Gasteiger partial charge is 0.233 e. The molecule has 2 amide bonds. The predicted molar refractivity (Wildman–Crippen MR) is 74.9 cm³/mol. The summed E-state index contributed by atoms with van der Waals surface area (Å²) in [5.41, 5.74) is 0. The lowest BCUT2D eigenvalue weighted by atomic mass is 10.4. The summed E-state index contributed by atoms with van der Waals surface area (Å²) in [6, 6.07) is 3.80. The normalized spacial score (nSPS) is 19.3. The number of nitrogens with zero attached hydrogens (tertiary/aromatic N) is 1. The van der Waals surface area contributed by atoms with Gasteiger partial charge in [-0.05, 0) is 12.1 Å².